The van der Waals surface area contributed by atoms with Gasteiger partial charge in [-0.05, 0) is 0 Å². The first-order valence-corrected chi connectivity index (χ1v) is 3.89. The molecule has 76 valence electrons. The van der Waals surface area contributed by atoms with Gasteiger partial charge >= 0.3 is 6.16 Å². The Bertz CT molecular complexity index is 399. The minimum atomic E-state index is -1.68. The molecule has 8 heteroatoms. The van der Waals surface area contributed by atoms with Crippen LogP contribution in [0, 0.1) is 5.95 Å². The fraction of sp³-hybridized carbons (Fsp3) is 0. The topological polar surface area (TPSA) is 85.4 Å². The number of hydrogen-bond donors (Lipinski definition) is 2. The number of nitrogen functional groups attached to an aromatic ring is 1. The third-order valence-corrected chi connectivity index (χ3v) is 1.95. The van der Waals surface area contributed by atoms with Crippen LogP contribution in [0.15, 0.2) is 0 Å². The highest BCUT2D eigenvalue weighted by Crippen LogP contribution is 2.35. The van der Waals surface area contributed by atoms with E-state index in [0.29, 0.717) is 0 Å². The van der Waals surface area contributed by atoms with Gasteiger partial charge in [0.1, 0.15) is 10.0 Å². The number of anilines is 1. The van der Waals surface area contributed by atoms with E-state index in [1.165, 1.54) is 0 Å². The maximum absolute atomic E-state index is 12.8. The Morgan fingerprint density at radius 1 is 1.50 bits per heavy atom. The Balaban J connectivity index is 3.25. The lowest BCUT2D eigenvalue weighted by Crippen LogP contribution is -2.07. The summed E-state index contributed by atoms with van der Waals surface area (Å²) in [6, 6.07) is 0. The molecule has 0 aliphatic heterocycles. The van der Waals surface area contributed by atoms with Crippen molar-refractivity contribution in [2.75, 3.05) is 5.73 Å². The SMILES string of the molecule is Nc1c(Cl)c(F)nc(OC(=O)O)c1Cl. The third kappa shape index (κ3) is 1.97. The molecule has 0 spiro atoms. The molecule has 0 fully saturated rings. The highest BCUT2D eigenvalue weighted by Gasteiger charge is 2.18. The molecule has 14 heavy (non-hydrogen) atoms. The number of ether oxygens (including phenoxy) is 1. The van der Waals surface area contributed by atoms with Gasteiger partial charge in [-0.2, -0.15) is 9.37 Å². The minimum absolute atomic E-state index is 0.322. The van der Waals surface area contributed by atoms with Crippen molar-refractivity contribution in [3.63, 3.8) is 0 Å². The second-order valence-corrected chi connectivity index (χ2v) is 2.87. The Labute approximate surface area is 87.2 Å². The fourth-order valence-electron chi connectivity index (χ4n) is 0.660. The summed E-state index contributed by atoms with van der Waals surface area (Å²) in [7, 11) is 0. The summed E-state index contributed by atoms with van der Waals surface area (Å²) in [5.41, 5.74) is 4.92. The molecule has 5 nitrogen and oxygen atoms in total. The Morgan fingerprint density at radius 2 is 2.07 bits per heavy atom. The summed E-state index contributed by atoms with van der Waals surface area (Å²) in [5.74, 6) is -1.79. The number of carboxylic acid groups (broad SMARTS) is 1. The van der Waals surface area contributed by atoms with E-state index in [1.807, 2.05) is 0 Å². The maximum Gasteiger partial charge on any atom is 0.512 e. The van der Waals surface area contributed by atoms with E-state index in [-0.39, 0.29) is 10.7 Å². The van der Waals surface area contributed by atoms with Crippen molar-refractivity contribution in [2.45, 2.75) is 0 Å². The van der Waals surface area contributed by atoms with Crippen LogP contribution in [0.4, 0.5) is 14.9 Å². The van der Waals surface area contributed by atoms with Crippen LogP contribution in [-0.4, -0.2) is 16.2 Å². The Kier molecular flexibility index (Phi) is 2.97. The van der Waals surface area contributed by atoms with Crippen LogP contribution in [-0.2, 0) is 0 Å². The number of aromatic nitrogens is 1. The molecule has 0 bridgehead atoms. The number of hydrogen-bond acceptors (Lipinski definition) is 4. The largest absolute Gasteiger partial charge is 0.512 e. The molecule has 1 heterocycles. The summed E-state index contributed by atoms with van der Waals surface area (Å²) in [4.78, 5) is 13.2. The van der Waals surface area contributed by atoms with Crippen LogP contribution < -0.4 is 10.5 Å². The van der Waals surface area contributed by atoms with Gasteiger partial charge in [-0.15, -0.1) is 0 Å². The van der Waals surface area contributed by atoms with Crippen molar-refractivity contribution < 1.29 is 19.0 Å². The Morgan fingerprint density at radius 3 is 2.57 bits per heavy atom. The number of nitrogens with zero attached hydrogens (tertiary/aromatic N) is 1. The summed E-state index contributed by atoms with van der Waals surface area (Å²) < 4.78 is 16.9. The van der Waals surface area contributed by atoms with Crippen LogP contribution in [0.3, 0.4) is 0 Å². The van der Waals surface area contributed by atoms with Crippen molar-refractivity contribution in [3.8, 4) is 5.88 Å². The molecule has 1 aromatic rings. The predicted octanol–water partition coefficient (Wildman–Crippen LogP) is 2.17. The van der Waals surface area contributed by atoms with Crippen LogP contribution in [0.25, 0.3) is 0 Å². The number of nitrogens with two attached hydrogens (primary N) is 1. The van der Waals surface area contributed by atoms with E-state index in [2.05, 4.69) is 9.72 Å². The van der Waals surface area contributed by atoms with Crippen molar-refractivity contribution in [1.29, 1.82) is 0 Å². The first-order valence-electron chi connectivity index (χ1n) is 3.14. The van der Waals surface area contributed by atoms with Gasteiger partial charge in [0.2, 0.25) is 11.8 Å². The van der Waals surface area contributed by atoms with Gasteiger partial charge in [0.25, 0.3) is 0 Å². The number of halogens is 3. The first-order chi connectivity index (χ1) is 6.43. The van der Waals surface area contributed by atoms with Gasteiger partial charge in [-0.1, -0.05) is 23.2 Å². The molecule has 0 saturated heterocycles. The Hall–Kier alpha value is -1.27. The van der Waals surface area contributed by atoms with Crippen LogP contribution >= 0.6 is 23.2 Å². The quantitative estimate of drug-likeness (QED) is 0.581. The third-order valence-electron chi connectivity index (χ3n) is 1.23. The van der Waals surface area contributed by atoms with Gasteiger partial charge in [-0.25, -0.2) is 4.79 Å². The van der Waals surface area contributed by atoms with E-state index >= 15 is 0 Å². The van der Waals surface area contributed by atoms with E-state index in [1.54, 1.807) is 0 Å². The van der Waals surface area contributed by atoms with Crippen molar-refractivity contribution in [3.05, 3.63) is 16.0 Å². The van der Waals surface area contributed by atoms with Gasteiger partial charge in [-0.3, -0.25) is 0 Å². The molecule has 0 radical (unpaired) electrons. The molecule has 0 aromatic carbocycles. The summed E-state index contributed by atoms with van der Waals surface area (Å²) in [5, 5.41) is 7.40. The molecule has 3 N–H and O–H groups in total. The minimum Gasteiger partial charge on any atom is -0.449 e. The molecule has 0 aliphatic rings. The molecule has 0 aliphatic carbocycles. The second-order valence-electron chi connectivity index (χ2n) is 2.12. The zero-order valence-electron chi connectivity index (χ0n) is 6.42. The summed E-state index contributed by atoms with van der Waals surface area (Å²) >= 11 is 10.8. The summed E-state index contributed by atoms with van der Waals surface area (Å²) in [6.45, 7) is 0. The van der Waals surface area contributed by atoms with Gasteiger partial charge in [0.05, 0.1) is 5.69 Å². The van der Waals surface area contributed by atoms with E-state index in [0.717, 1.165) is 0 Å². The average Bonchev–Trinajstić information content (AvgIpc) is 2.10. The van der Waals surface area contributed by atoms with Crippen molar-refractivity contribution in [2.24, 2.45) is 0 Å². The highest BCUT2D eigenvalue weighted by molar-refractivity contribution is 6.39. The molecular formula is C6H3Cl2FN2O3. The standard InChI is InChI=1S/C6H3Cl2FN2O3/c7-1-3(10)2(8)5(11-4(1)9)14-6(12)13/h(H2,10,11)(H,12,13). The van der Waals surface area contributed by atoms with Gasteiger partial charge in [0, 0.05) is 0 Å². The number of rotatable bonds is 1. The molecular weight excluding hydrogens is 238 g/mol. The van der Waals surface area contributed by atoms with Crippen molar-refractivity contribution in [1.82, 2.24) is 4.98 Å². The fourth-order valence-corrected chi connectivity index (χ4v) is 1.02. The first kappa shape index (κ1) is 10.8. The molecule has 0 unspecified atom stereocenters. The van der Waals surface area contributed by atoms with Crippen LogP contribution in [0.1, 0.15) is 0 Å². The smallest absolute Gasteiger partial charge is 0.449 e. The number of pyridine rings is 1. The zero-order chi connectivity index (χ0) is 10.9. The molecule has 0 amide bonds. The van der Waals surface area contributed by atoms with Crippen molar-refractivity contribution >= 4 is 35.0 Å². The normalized spacial score (nSPS) is 9.93. The average molecular weight is 241 g/mol. The molecule has 0 atom stereocenters. The van der Waals surface area contributed by atoms with E-state index in [9.17, 15) is 9.18 Å². The van der Waals surface area contributed by atoms with Crippen LogP contribution in [0.5, 0.6) is 5.88 Å². The van der Waals surface area contributed by atoms with Crippen LogP contribution in [0.2, 0.25) is 10.0 Å². The highest BCUT2D eigenvalue weighted by atomic mass is 35.5. The predicted molar refractivity (Wildman–Crippen MR) is 47.3 cm³/mol. The molecule has 1 rings (SSSR count). The lowest BCUT2D eigenvalue weighted by atomic mass is 10.4. The lowest BCUT2D eigenvalue weighted by molar-refractivity contribution is 0.142. The lowest BCUT2D eigenvalue weighted by Gasteiger charge is -2.05. The maximum atomic E-state index is 12.8. The molecule has 1 aromatic heterocycles. The van der Waals surface area contributed by atoms with E-state index < -0.39 is 23.0 Å². The van der Waals surface area contributed by atoms with Gasteiger partial charge < -0.3 is 15.6 Å². The van der Waals surface area contributed by atoms with Gasteiger partial charge in [0.15, 0.2) is 0 Å². The summed E-state index contributed by atoms with van der Waals surface area (Å²) in [6.07, 6.45) is -1.68. The monoisotopic (exact) mass is 240 g/mol. The second kappa shape index (κ2) is 3.85. The van der Waals surface area contributed by atoms with E-state index in [4.69, 9.17) is 34.0 Å². The number of carbonyl (C=O) groups is 1. The zero-order valence-corrected chi connectivity index (χ0v) is 7.93. The molecule has 0 saturated carbocycles.